The zero-order valence-electron chi connectivity index (χ0n) is 15.7. The van der Waals surface area contributed by atoms with E-state index in [-0.39, 0.29) is 17.6 Å². The Labute approximate surface area is 157 Å². The van der Waals surface area contributed by atoms with Gasteiger partial charge in [0.15, 0.2) is 5.82 Å². The highest BCUT2D eigenvalue weighted by molar-refractivity contribution is 5.79. The first-order valence-electron chi connectivity index (χ1n) is 10.1. The molecule has 0 spiro atoms. The minimum absolute atomic E-state index is 0.0917. The molecule has 2 aromatic rings. The molecule has 8 nitrogen and oxygen atoms in total. The van der Waals surface area contributed by atoms with Crippen LogP contribution in [0.4, 0.5) is 0 Å². The van der Waals surface area contributed by atoms with Crippen molar-refractivity contribution in [3.63, 3.8) is 0 Å². The molecule has 144 valence electrons. The number of carbonyl (C=O) groups is 1. The fourth-order valence-electron chi connectivity index (χ4n) is 4.88. The summed E-state index contributed by atoms with van der Waals surface area (Å²) in [4.78, 5) is 31.7. The van der Waals surface area contributed by atoms with E-state index in [1.165, 1.54) is 25.7 Å². The number of aryl methyl sites for hydroxylation is 2. The van der Waals surface area contributed by atoms with Gasteiger partial charge in [-0.2, -0.15) is 5.10 Å². The Morgan fingerprint density at radius 2 is 2.11 bits per heavy atom. The number of aromatic amines is 1. The van der Waals surface area contributed by atoms with Gasteiger partial charge in [0.05, 0.1) is 18.2 Å². The number of aromatic nitrogens is 5. The molecule has 2 aromatic heterocycles. The predicted octanol–water partition coefficient (Wildman–Crippen LogP) is 1.18. The summed E-state index contributed by atoms with van der Waals surface area (Å²) in [5, 5.41) is 6.80. The highest BCUT2D eigenvalue weighted by Crippen LogP contribution is 2.49. The normalized spacial score (nSPS) is 25.0. The van der Waals surface area contributed by atoms with Gasteiger partial charge in [-0.15, -0.1) is 0 Å². The standard InChI is InChI=1S/C19H26N6O2/c1-23-18(21-22-19(23)27)17-14(12-5-6-12)7-9-25(17)16(26)10-13-11-24-8-3-2-4-15(24)20-13/h11-12,14,17H,2-10H2,1H3,(H,22,27). The topological polar surface area (TPSA) is 88.8 Å². The Balaban J connectivity index is 1.40. The summed E-state index contributed by atoms with van der Waals surface area (Å²) >= 11 is 0. The Morgan fingerprint density at radius 1 is 1.26 bits per heavy atom. The number of carbonyl (C=O) groups excluding carboxylic acids is 1. The van der Waals surface area contributed by atoms with Crippen LogP contribution in [-0.2, 0) is 31.2 Å². The molecule has 2 aliphatic heterocycles. The van der Waals surface area contributed by atoms with E-state index in [9.17, 15) is 9.59 Å². The molecule has 5 rings (SSSR count). The number of likely N-dealkylation sites (tertiary alicyclic amines) is 1. The van der Waals surface area contributed by atoms with Crippen LogP contribution in [0.1, 0.15) is 55.5 Å². The molecule has 2 unspecified atom stereocenters. The molecule has 1 amide bonds. The van der Waals surface area contributed by atoms with Gasteiger partial charge in [0.2, 0.25) is 5.91 Å². The lowest BCUT2D eigenvalue weighted by molar-refractivity contribution is -0.132. The first-order valence-corrected chi connectivity index (χ1v) is 10.1. The maximum Gasteiger partial charge on any atom is 0.343 e. The van der Waals surface area contributed by atoms with Crippen LogP contribution in [0.25, 0.3) is 0 Å². The molecule has 8 heteroatoms. The van der Waals surface area contributed by atoms with Crippen molar-refractivity contribution in [2.75, 3.05) is 6.54 Å². The SMILES string of the molecule is Cn1c(C2C(C3CC3)CCN2C(=O)Cc2cn3c(n2)CCCC3)n[nH]c1=O. The number of nitrogens with one attached hydrogen (secondary N) is 1. The molecule has 1 saturated carbocycles. The van der Waals surface area contributed by atoms with Crippen molar-refractivity contribution in [2.45, 2.75) is 57.5 Å². The summed E-state index contributed by atoms with van der Waals surface area (Å²) in [6.07, 6.45) is 9.15. The molecule has 4 heterocycles. The fourth-order valence-corrected chi connectivity index (χ4v) is 4.88. The van der Waals surface area contributed by atoms with Crippen LogP contribution in [0.5, 0.6) is 0 Å². The third-order valence-corrected chi connectivity index (χ3v) is 6.46. The number of fused-ring (bicyclic) bond motifs is 1. The molecular formula is C19H26N6O2. The molecule has 2 atom stereocenters. The van der Waals surface area contributed by atoms with E-state index in [0.717, 1.165) is 37.4 Å². The van der Waals surface area contributed by atoms with E-state index in [0.29, 0.717) is 24.1 Å². The Hall–Kier alpha value is -2.38. The van der Waals surface area contributed by atoms with Gasteiger partial charge in [0.1, 0.15) is 5.82 Å². The lowest BCUT2D eigenvalue weighted by atomic mass is 9.94. The van der Waals surface area contributed by atoms with Gasteiger partial charge in [-0.25, -0.2) is 14.9 Å². The number of imidazole rings is 1. The van der Waals surface area contributed by atoms with Gasteiger partial charge in [0.25, 0.3) is 0 Å². The summed E-state index contributed by atoms with van der Waals surface area (Å²) in [5.41, 5.74) is 0.641. The maximum atomic E-state index is 13.2. The van der Waals surface area contributed by atoms with Crippen molar-refractivity contribution in [2.24, 2.45) is 18.9 Å². The van der Waals surface area contributed by atoms with Crippen LogP contribution >= 0.6 is 0 Å². The number of nitrogens with zero attached hydrogens (tertiary/aromatic N) is 5. The number of H-pyrrole nitrogens is 1. The van der Waals surface area contributed by atoms with Gasteiger partial charge in [0, 0.05) is 32.8 Å². The van der Waals surface area contributed by atoms with Gasteiger partial charge in [-0.1, -0.05) is 0 Å². The zero-order chi connectivity index (χ0) is 18.5. The molecule has 1 aliphatic carbocycles. The van der Waals surface area contributed by atoms with E-state index >= 15 is 0 Å². The number of amides is 1. The van der Waals surface area contributed by atoms with E-state index < -0.39 is 0 Å². The van der Waals surface area contributed by atoms with E-state index in [1.807, 2.05) is 11.1 Å². The molecule has 0 radical (unpaired) electrons. The minimum atomic E-state index is -0.222. The van der Waals surface area contributed by atoms with Gasteiger partial charge < -0.3 is 9.47 Å². The second kappa shape index (κ2) is 6.35. The first kappa shape index (κ1) is 16.8. The van der Waals surface area contributed by atoms with E-state index in [1.54, 1.807) is 11.6 Å². The van der Waals surface area contributed by atoms with Crippen molar-refractivity contribution in [3.8, 4) is 0 Å². The van der Waals surface area contributed by atoms with Crippen molar-refractivity contribution >= 4 is 5.91 Å². The maximum absolute atomic E-state index is 13.2. The van der Waals surface area contributed by atoms with Crippen molar-refractivity contribution in [3.05, 3.63) is 34.0 Å². The number of rotatable bonds is 4. The summed E-state index contributed by atoms with van der Waals surface area (Å²) in [6.45, 7) is 1.74. The van der Waals surface area contributed by atoms with Crippen LogP contribution in [0.3, 0.4) is 0 Å². The summed E-state index contributed by atoms with van der Waals surface area (Å²) < 4.78 is 3.75. The molecular weight excluding hydrogens is 344 g/mol. The van der Waals surface area contributed by atoms with Crippen LogP contribution in [0, 0.1) is 11.8 Å². The quantitative estimate of drug-likeness (QED) is 0.875. The largest absolute Gasteiger partial charge is 0.343 e. The third kappa shape index (κ3) is 2.91. The van der Waals surface area contributed by atoms with Crippen molar-refractivity contribution in [1.29, 1.82) is 0 Å². The van der Waals surface area contributed by atoms with Crippen LogP contribution in [-0.4, -0.2) is 41.7 Å². The summed E-state index contributed by atoms with van der Waals surface area (Å²) in [6, 6.07) is -0.105. The summed E-state index contributed by atoms with van der Waals surface area (Å²) in [5.74, 6) is 2.94. The van der Waals surface area contributed by atoms with Crippen LogP contribution in [0.15, 0.2) is 11.0 Å². The van der Waals surface area contributed by atoms with Crippen LogP contribution in [0.2, 0.25) is 0 Å². The molecule has 0 aromatic carbocycles. The van der Waals surface area contributed by atoms with Crippen molar-refractivity contribution < 1.29 is 4.79 Å². The van der Waals surface area contributed by atoms with Crippen LogP contribution < -0.4 is 5.69 Å². The number of hydrogen-bond acceptors (Lipinski definition) is 4. The Kier molecular flexibility index (Phi) is 3.94. The lowest BCUT2D eigenvalue weighted by Gasteiger charge is -2.27. The van der Waals surface area contributed by atoms with Crippen molar-refractivity contribution in [1.82, 2.24) is 29.2 Å². The van der Waals surface area contributed by atoms with E-state index in [4.69, 9.17) is 0 Å². The molecule has 2 fully saturated rings. The average molecular weight is 370 g/mol. The smallest absolute Gasteiger partial charge is 0.335 e. The summed E-state index contributed by atoms with van der Waals surface area (Å²) in [7, 11) is 1.73. The molecule has 1 N–H and O–H groups in total. The minimum Gasteiger partial charge on any atom is -0.335 e. The molecule has 3 aliphatic rings. The molecule has 1 saturated heterocycles. The Bertz CT molecular complexity index is 898. The number of hydrogen-bond donors (Lipinski definition) is 1. The third-order valence-electron chi connectivity index (χ3n) is 6.46. The lowest BCUT2D eigenvalue weighted by Crippen LogP contribution is -2.35. The first-order chi connectivity index (χ1) is 13.1. The second-order valence-electron chi connectivity index (χ2n) is 8.24. The Morgan fingerprint density at radius 3 is 2.81 bits per heavy atom. The predicted molar refractivity (Wildman–Crippen MR) is 98.0 cm³/mol. The fraction of sp³-hybridized carbons (Fsp3) is 0.684. The monoisotopic (exact) mass is 370 g/mol. The van der Waals surface area contributed by atoms with Gasteiger partial charge in [-0.3, -0.25) is 9.36 Å². The highest BCUT2D eigenvalue weighted by atomic mass is 16.2. The average Bonchev–Trinajstić information content (AvgIpc) is 3.14. The second-order valence-corrected chi connectivity index (χ2v) is 8.24. The molecule has 0 bridgehead atoms. The van der Waals surface area contributed by atoms with Gasteiger partial charge in [-0.05, 0) is 43.9 Å². The zero-order valence-corrected chi connectivity index (χ0v) is 15.7. The van der Waals surface area contributed by atoms with Gasteiger partial charge >= 0.3 is 5.69 Å². The van der Waals surface area contributed by atoms with E-state index in [2.05, 4.69) is 19.7 Å². The molecule has 27 heavy (non-hydrogen) atoms. The highest BCUT2D eigenvalue weighted by Gasteiger charge is 2.47.